The van der Waals surface area contributed by atoms with E-state index in [1.807, 2.05) is 54.4 Å². The Morgan fingerprint density at radius 3 is 2.70 bits per heavy atom. The molecule has 1 fully saturated rings. The fraction of sp³-hybridized carbons (Fsp3) is 0.321. The van der Waals surface area contributed by atoms with E-state index in [-0.39, 0.29) is 6.17 Å². The molecule has 0 bridgehead atoms. The van der Waals surface area contributed by atoms with Crippen molar-refractivity contribution in [1.29, 1.82) is 0 Å². The Balaban J connectivity index is 1.45. The number of carboxylic acid groups (broad SMARTS) is 1. The Hall–Kier alpha value is -4.71. The van der Waals surface area contributed by atoms with Crippen LogP contribution in [0, 0.1) is 0 Å². The van der Waals surface area contributed by atoms with Gasteiger partial charge in [-0.2, -0.15) is 0 Å². The van der Waals surface area contributed by atoms with E-state index >= 15 is 0 Å². The predicted octanol–water partition coefficient (Wildman–Crippen LogP) is 2.87. The summed E-state index contributed by atoms with van der Waals surface area (Å²) in [6, 6.07) is 11.9. The molecule has 3 heterocycles. The Labute approximate surface area is 230 Å². The van der Waals surface area contributed by atoms with Crippen molar-refractivity contribution in [2.75, 3.05) is 23.8 Å². The van der Waals surface area contributed by atoms with Crippen molar-refractivity contribution >= 4 is 23.9 Å². The average Bonchev–Trinajstić information content (AvgIpc) is 3.51. The van der Waals surface area contributed by atoms with Crippen molar-refractivity contribution in [2.45, 2.75) is 44.4 Å². The molecule has 1 saturated heterocycles. The number of fused-ring (bicyclic) bond motifs is 1. The molecule has 1 aliphatic heterocycles. The van der Waals surface area contributed by atoms with Gasteiger partial charge in [0.15, 0.2) is 5.82 Å². The van der Waals surface area contributed by atoms with Crippen LogP contribution in [0.4, 0.5) is 11.5 Å². The third kappa shape index (κ3) is 4.66. The fourth-order valence-electron chi connectivity index (χ4n) is 5.60. The Kier molecular flexibility index (Phi) is 7.26. The highest BCUT2D eigenvalue weighted by Crippen LogP contribution is 2.47. The van der Waals surface area contributed by atoms with Crippen molar-refractivity contribution in [3.63, 3.8) is 0 Å². The number of pyridine rings is 1. The molecule has 3 aromatic rings. The minimum absolute atomic E-state index is 0.295. The minimum atomic E-state index is -0.940. The molecule has 3 atom stereocenters. The normalized spacial score (nSPS) is 21.3. The van der Waals surface area contributed by atoms with Gasteiger partial charge in [-0.1, -0.05) is 24.2 Å². The first-order valence-electron chi connectivity index (χ1n) is 13.0. The number of rotatable bonds is 10. The van der Waals surface area contributed by atoms with E-state index in [2.05, 4.69) is 36.8 Å². The van der Waals surface area contributed by atoms with Gasteiger partial charge in [-0.3, -0.25) is 24.1 Å². The second-order valence-electron chi connectivity index (χ2n) is 9.83. The van der Waals surface area contributed by atoms with E-state index in [1.54, 1.807) is 25.3 Å². The van der Waals surface area contributed by atoms with Crippen molar-refractivity contribution in [3.05, 3.63) is 82.8 Å². The number of carbonyl (C=O) groups excluding carboxylic acids is 1. The van der Waals surface area contributed by atoms with Gasteiger partial charge in [-0.05, 0) is 69.3 Å². The van der Waals surface area contributed by atoms with E-state index < -0.39 is 23.3 Å². The largest absolute Gasteiger partial charge is 0.480 e. The molecule has 3 N–H and O–H groups in total. The molecule has 208 valence electrons. The number of nitrogens with zero attached hydrogens (tertiary/aromatic N) is 5. The first-order valence-corrected chi connectivity index (χ1v) is 13.0. The molecule has 1 aromatic carbocycles. The summed E-state index contributed by atoms with van der Waals surface area (Å²) in [5.74, 6) is -0.730. The standard InChI is InChI=1S/C28H31N7O5/c1-4-28-13-12-21(34(17-36)23-7-5-6-14-29-23)15-22(28)35(18(2)26(37)38)24(33(28)3)16-30-20-10-8-19(9-11-20)25-31-27(39)40-32-25/h5-12,14-15,17-18,24,30H,4,13,16H2,1-3H3,(H,37,38)(H,31,32,39)/t18-,24-,28-/m0/s1. The van der Waals surface area contributed by atoms with Crippen LogP contribution in [0.5, 0.6) is 0 Å². The Morgan fingerprint density at radius 2 is 2.10 bits per heavy atom. The number of carbonyl (C=O) groups is 2. The molecule has 2 aliphatic rings. The van der Waals surface area contributed by atoms with Crippen molar-refractivity contribution in [3.8, 4) is 11.4 Å². The van der Waals surface area contributed by atoms with Gasteiger partial charge in [-0.15, -0.1) is 0 Å². The zero-order chi connectivity index (χ0) is 28.4. The lowest BCUT2D eigenvalue weighted by Gasteiger charge is -2.39. The first-order chi connectivity index (χ1) is 19.3. The van der Waals surface area contributed by atoms with Gasteiger partial charge >= 0.3 is 11.7 Å². The fourth-order valence-corrected chi connectivity index (χ4v) is 5.60. The maximum absolute atomic E-state index is 12.3. The lowest BCUT2D eigenvalue weighted by Crippen LogP contribution is -2.50. The molecular weight excluding hydrogens is 514 g/mol. The number of aromatic nitrogens is 3. The Bertz CT molecular complexity index is 1500. The van der Waals surface area contributed by atoms with Gasteiger partial charge in [0, 0.05) is 35.4 Å². The number of anilines is 2. The van der Waals surface area contributed by atoms with Gasteiger partial charge in [0.05, 0.1) is 5.54 Å². The molecule has 0 spiro atoms. The molecule has 12 heteroatoms. The lowest BCUT2D eigenvalue weighted by atomic mass is 9.83. The minimum Gasteiger partial charge on any atom is -0.480 e. The van der Waals surface area contributed by atoms with Gasteiger partial charge < -0.3 is 15.3 Å². The molecule has 2 aromatic heterocycles. The zero-order valence-electron chi connectivity index (χ0n) is 22.4. The molecule has 0 radical (unpaired) electrons. The smallest absolute Gasteiger partial charge is 0.439 e. The first kappa shape index (κ1) is 26.9. The van der Waals surface area contributed by atoms with E-state index in [1.165, 1.54) is 4.90 Å². The third-order valence-electron chi connectivity index (χ3n) is 7.86. The topological polar surface area (TPSA) is 148 Å². The SMILES string of the molecule is CC[C@]12CC=C(N(C=O)c3ccccn3)C=C1N([C@@H](C)C(=O)O)[C@@H](CNc1ccc(-c3noc(=O)[nH]3)cc1)N2C. The van der Waals surface area contributed by atoms with Gasteiger partial charge in [0.1, 0.15) is 18.0 Å². The van der Waals surface area contributed by atoms with Crippen molar-refractivity contribution < 1.29 is 19.2 Å². The summed E-state index contributed by atoms with van der Waals surface area (Å²) in [6.07, 6.45) is 7.33. The summed E-state index contributed by atoms with van der Waals surface area (Å²) in [4.78, 5) is 48.2. The number of allylic oxidation sites excluding steroid dienone is 1. The van der Waals surface area contributed by atoms with E-state index in [0.717, 1.165) is 24.2 Å². The molecule has 0 saturated carbocycles. The number of aromatic amines is 1. The number of likely N-dealkylation sites (N-methyl/N-ethyl adjacent to an activating group) is 1. The summed E-state index contributed by atoms with van der Waals surface area (Å²) in [5.41, 5.74) is 2.58. The summed E-state index contributed by atoms with van der Waals surface area (Å²) in [5, 5.41) is 17.2. The number of hydrogen-bond donors (Lipinski definition) is 3. The summed E-state index contributed by atoms with van der Waals surface area (Å²) >= 11 is 0. The molecule has 12 nitrogen and oxygen atoms in total. The number of carboxylic acids is 1. The average molecular weight is 546 g/mol. The second kappa shape index (κ2) is 10.8. The van der Waals surface area contributed by atoms with Crippen LogP contribution in [0.25, 0.3) is 11.4 Å². The van der Waals surface area contributed by atoms with Crippen LogP contribution in [0.3, 0.4) is 0 Å². The molecule has 0 unspecified atom stereocenters. The van der Waals surface area contributed by atoms with Crippen LogP contribution >= 0.6 is 0 Å². The van der Waals surface area contributed by atoms with Crippen LogP contribution in [0.15, 0.2) is 81.5 Å². The second-order valence-corrected chi connectivity index (χ2v) is 9.83. The summed E-state index contributed by atoms with van der Waals surface area (Å²) in [7, 11) is 2.01. The number of H-pyrrole nitrogens is 1. The molecule has 1 aliphatic carbocycles. The number of benzene rings is 1. The van der Waals surface area contributed by atoms with Crippen LogP contribution in [-0.4, -0.2) is 73.7 Å². The molecular formula is C28H31N7O5. The van der Waals surface area contributed by atoms with Crippen molar-refractivity contribution in [2.24, 2.45) is 0 Å². The van der Waals surface area contributed by atoms with Gasteiger partial charge in [0.25, 0.3) is 0 Å². The van der Waals surface area contributed by atoms with E-state index in [4.69, 9.17) is 0 Å². The van der Waals surface area contributed by atoms with Crippen LogP contribution < -0.4 is 16.0 Å². The van der Waals surface area contributed by atoms with Crippen molar-refractivity contribution in [1.82, 2.24) is 24.9 Å². The highest BCUT2D eigenvalue weighted by Gasteiger charge is 2.54. The highest BCUT2D eigenvalue weighted by molar-refractivity contribution is 5.80. The quantitative estimate of drug-likeness (QED) is 0.325. The zero-order valence-corrected chi connectivity index (χ0v) is 22.4. The number of amides is 1. The Morgan fingerprint density at radius 1 is 1.32 bits per heavy atom. The van der Waals surface area contributed by atoms with Crippen LogP contribution in [-0.2, 0) is 9.59 Å². The lowest BCUT2D eigenvalue weighted by molar-refractivity contribution is -0.142. The summed E-state index contributed by atoms with van der Waals surface area (Å²) < 4.78 is 4.58. The van der Waals surface area contributed by atoms with Crippen LogP contribution in [0.1, 0.15) is 26.7 Å². The third-order valence-corrected chi connectivity index (χ3v) is 7.86. The van der Waals surface area contributed by atoms with E-state index in [9.17, 15) is 19.5 Å². The molecule has 1 amide bonds. The number of aliphatic carboxylic acids is 1. The van der Waals surface area contributed by atoms with E-state index in [0.29, 0.717) is 35.9 Å². The molecule has 5 rings (SSSR count). The van der Waals surface area contributed by atoms with Gasteiger partial charge in [-0.25, -0.2) is 14.6 Å². The maximum atomic E-state index is 12.3. The molecule has 40 heavy (non-hydrogen) atoms. The summed E-state index contributed by atoms with van der Waals surface area (Å²) in [6.45, 7) is 4.20. The van der Waals surface area contributed by atoms with Gasteiger partial charge in [0.2, 0.25) is 6.41 Å². The highest BCUT2D eigenvalue weighted by atomic mass is 16.5. The number of hydrogen-bond acceptors (Lipinski definition) is 9. The monoisotopic (exact) mass is 545 g/mol. The number of nitrogens with one attached hydrogen (secondary N) is 2. The van der Waals surface area contributed by atoms with Crippen LogP contribution in [0.2, 0.25) is 0 Å². The predicted molar refractivity (Wildman–Crippen MR) is 148 cm³/mol. The maximum Gasteiger partial charge on any atom is 0.439 e.